The summed E-state index contributed by atoms with van der Waals surface area (Å²) >= 11 is 0. The van der Waals surface area contributed by atoms with Gasteiger partial charge in [-0.1, -0.05) is 80.6 Å². The third kappa shape index (κ3) is 5.75. The van der Waals surface area contributed by atoms with Gasteiger partial charge in [0.05, 0.1) is 23.3 Å². The monoisotopic (exact) mass is 585 g/mol. The van der Waals surface area contributed by atoms with Crippen molar-refractivity contribution in [3.8, 4) is 57.4 Å². The minimum absolute atomic E-state index is 0.309. The summed E-state index contributed by atoms with van der Waals surface area (Å²) in [7, 11) is 0. The lowest BCUT2D eigenvalue weighted by atomic mass is 9.54. The Morgan fingerprint density at radius 3 is 1.53 bits per heavy atom. The van der Waals surface area contributed by atoms with E-state index in [0.717, 1.165) is 40.0 Å². The minimum atomic E-state index is 0.309. The van der Waals surface area contributed by atoms with Gasteiger partial charge in [0, 0.05) is 16.7 Å². The van der Waals surface area contributed by atoms with Gasteiger partial charge in [-0.25, -0.2) is 15.0 Å². The topological polar surface area (TPSA) is 86.2 Å². The summed E-state index contributed by atoms with van der Waals surface area (Å²) in [5, 5.41) is 19.0. The van der Waals surface area contributed by atoms with Gasteiger partial charge in [0.15, 0.2) is 17.5 Å². The molecule has 7 rings (SSSR count). The van der Waals surface area contributed by atoms with E-state index >= 15 is 0 Å². The molecule has 2 unspecified atom stereocenters. The highest BCUT2D eigenvalue weighted by molar-refractivity contribution is 5.73. The van der Waals surface area contributed by atoms with E-state index in [9.17, 15) is 10.5 Å². The lowest BCUT2D eigenvalue weighted by Gasteiger charge is -2.50. The van der Waals surface area contributed by atoms with Crippen LogP contribution < -0.4 is 0 Å². The lowest BCUT2D eigenvalue weighted by Crippen LogP contribution is -2.42. The standard InChI is InChI=1S/C40H35N5/c1-26-16-30-17-27(2)22-40(21-26,23-30)36-14-12-31(13-15-36)32-8-5-11-35(20-32)39-44-37(33-9-3-6-28(18-33)24-41)43-38(45-39)34-10-4-7-29(19-34)25-42/h3-15,18-20,26-27,30H,16-17,21-23H2,1-2H3/t26-,27?,30-,40?/m0/s1. The normalized spacial score (nSPS) is 22.3. The van der Waals surface area contributed by atoms with Crippen LogP contribution in [-0.4, -0.2) is 15.0 Å². The van der Waals surface area contributed by atoms with Gasteiger partial charge >= 0.3 is 0 Å². The summed E-state index contributed by atoms with van der Waals surface area (Å²) in [6.07, 6.45) is 6.67. The highest BCUT2D eigenvalue weighted by Gasteiger charge is 2.45. The van der Waals surface area contributed by atoms with Crippen LogP contribution in [0.2, 0.25) is 0 Å². The Hall–Kier alpha value is -5.13. The van der Waals surface area contributed by atoms with Crippen LogP contribution in [0.25, 0.3) is 45.3 Å². The maximum atomic E-state index is 9.49. The van der Waals surface area contributed by atoms with Crippen LogP contribution in [0.3, 0.4) is 0 Å². The third-order valence-corrected chi connectivity index (χ3v) is 9.72. The van der Waals surface area contributed by atoms with E-state index in [1.807, 2.05) is 36.4 Å². The summed E-state index contributed by atoms with van der Waals surface area (Å²) in [6, 6.07) is 36.6. The quantitative estimate of drug-likeness (QED) is 0.205. The molecule has 45 heavy (non-hydrogen) atoms. The molecule has 2 aliphatic carbocycles. The number of aromatic nitrogens is 3. The fourth-order valence-corrected chi connectivity index (χ4v) is 8.13. The van der Waals surface area contributed by atoms with Gasteiger partial charge < -0.3 is 0 Å². The summed E-state index contributed by atoms with van der Waals surface area (Å²) in [4.78, 5) is 14.5. The van der Waals surface area contributed by atoms with Crippen molar-refractivity contribution >= 4 is 0 Å². The second-order valence-corrected chi connectivity index (χ2v) is 13.3. The average molecular weight is 586 g/mol. The molecule has 0 radical (unpaired) electrons. The number of hydrogen-bond donors (Lipinski definition) is 0. The zero-order valence-corrected chi connectivity index (χ0v) is 25.7. The largest absolute Gasteiger partial charge is 0.208 e. The number of nitriles is 2. The number of benzene rings is 4. The van der Waals surface area contributed by atoms with Gasteiger partial charge in [0.1, 0.15) is 0 Å². The van der Waals surface area contributed by atoms with Gasteiger partial charge in [0.25, 0.3) is 0 Å². The molecule has 4 atom stereocenters. The number of nitrogens with zero attached hydrogens (tertiary/aromatic N) is 5. The fraction of sp³-hybridized carbons (Fsp3) is 0.275. The van der Waals surface area contributed by atoms with Crippen LogP contribution in [0.15, 0.2) is 97.1 Å². The molecule has 1 heterocycles. The van der Waals surface area contributed by atoms with Gasteiger partial charge in [0.2, 0.25) is 0 Å². The number of hydrogen-bond acceptors (Lipinski definition) is 5. The van der Waals surface area contributed by atoms with E-state index < -0.39 is 0 Å². The molecule has 0 saturated heterocycles. The van der Waals surface area contributed by atoms with Gasteiger partial charge in [-0.3, -0.25) is 0 Å². The average Bonchev–Trinajstić information content (AvgIpc) is 3.07. The third-order valence-electron chi connectivity index (χ3n) is 9.72. The van der Waals surface area contributed by atoms with Crippen molar-refractivity contribution in [1.29, 1.82) is 10.5 Å². The highest BCUT2D eigenvalue weighted by atomic mass is 15.0. The van der Waals surface area contributed by atoms with Crippen molar-refractivity contribution in [2.24, 2.45) is 17.8 Å². The molecule has 5 heteroatoms. The van der Waals surface area contributed by atoms with E-state index in [1.165, 1.54) is 43.2 Å². The van der Waals surface area contributed by atoms with Gasteiger partial charge in [-0.05, 0) is 102 Å². The van der Waals surface area contributed by atoms with E-state index in [4.69, 9.17) is 15.0 Å². The molecule has 0 aliphatic heterocycles. The molecule has 2 saturated carbocycles. The fourth-order valence-electron chi connectivity index (χ4n) is 8.13. The van der Waals surface area contributed by atoms with Gasteiger partial charge in [-0.2, -0.15) is 10.5 Å². The molecule has 5 nitrogen and oxygen atoms in total. The molecule has 1 aromatic heterocycles. The van der Waals surface area contributed by atoms with E-state index in [2.05, 4.69) is 62.4 Å². The van der Waals surface area contributed by atoms with Crippen LogP contribution in [0.1, 0.15) is 62.6 Å². The van der Waals surface area contributed by atoms with Crippen molar-refractivity contribution in [3.63, 3.8) is 0 Å². The molecule has 4 aromatic carbocycles. The lowest BCUT2D eigenvalue weighted by molar-refractivity contribution is 0.0780. The summed E-state index contributed by atoms with van der Waals surface area (Å²) < 4.78 is 0. The Morgan fingerprint density at radius 1 is 0.556 bits per heavy atom. The maximum absolute atomic E-state index is 9.49. The van der Waals surface area contributed by atoms with Crippen LogP contribution in [0, 0.1) is 40.4 Å². The first kappa shape index (κ1) is 28.6. The molecule has 0 amide bonds. The first-order chi connectivity index (χ1) is 21.9. The van der Waals surface area contributed by atoms with Crippen LogP contribution in [0.4, 0.5) is 0 Å². The Morgan fingerprint density at radius 2 is 1.02 bits per heavy atom. The molecule has 220 valence electrons. The molecule has 2 bridgehead atoms. The molecule has 2 fully saturated rings. The van der Waals surface area contributed by atoms with E-state index in [1.54, 1.807) is 24.3 Å². The predicted octanol–water partition coefficient (Wildman–Crippen LogP) is 9.39. The second kappa shape index (κ2) is 11.8. The van der Waals surface area contributed by atoms with E-state index in [-0.39, 0.29) is 0 Å². The molecule has 0 spiro atoms. The highest BCUT2D eigenvalue weighted by Crippen LogP contribution is 2.54. The minimum Gasteiger partial charge on any atom is -0.208 e. The molecule has 0 N–H and O–H groups in total. The Kier molecular flexibility index (Phi) is 7.48. The molecular formula is C40H35N5. The summed E-state index contributed by atoms with van der Waals surface area (Å²) in [5.41, 5.74) is 7.49. The molecular weight excluding hydrogens is 550 g/mol. The number of fused-ring (bicyclic) bond motifs is 2. The van der Waals surface area contributed by atoms with Crippen LogP contribution in [0.5, 0.6) is 0 Å². The van der Waals surface area contributed by atoms with Gasteiger partial charge in [-0.15, -0.1) is 0 Å². The number of rotatable bonds is 5. The van der Waals surface area contributed by atoms with Crippen molar-refractivity contribution in [3.05, 3.63) is 114 Å². The summed E-state index contributed by atoms with van der Waals surface area (Å²) in [6.45, 7) is 4.88. The van der Waals surface area contributed by atoms with E-state index in [0.29, 0.717) is 34.0 Å². The zero-order valence-electron chi connectivity index (χ0n) is 25.7. The summed E-state index contributed by atoms with van der Waals surface area (Å²) in [5.74, 6) is 3.92. The zero-order chi connectivity index (χ0) is 31.0. The molecule has 2 aliphatic rings. The Labute approximate surface area is 265 Å². The Balaban J connectivity index is 1.27. The van der Waals surface area contributed by atoms with Crippen LogP contribution >= 0.6 is 0 Å². The maximum Gasteiger partial charge on any atom is 0.164 e. The van der Waals surface area contributed by atoms with Crippen LogP contribution in [-0.2, 0) is 5.41 Å². The van der Waals surface area contributed by atoms with Crippen molar-refractivity contribution in [2.45, 2.75) is 51.4 Å². The van der Waals surface area contributed by atoms with Crippen molar-refractivity contribution in [1.82, 2.24) is 15.0 Å². The first-order valence-electron chi connectivity index (χ1n) is 15.9. The smallest absolute Gasteiger partial charge is 0.164 e. The van der Waals surface area contributed by atoms with Crippen molar-refractivity contribution in [2.75, 3.05) is 0 Å². The second-order valence-electron chi connectivity index (χ2n) is 13.3. The Bertz CT molecular complexity index is 1870. The van der Waals surface area contributed by atoms with Crippen molar-refractivity contribution < 1.29 is 0 Å². The molecule has 5 aromatic rings. The predicted molar refractivity (Wildman–Crippen MR) is 178 cm³/mol. The SMILES string of the molecule is CC1C[C@@H]2C[C@H](C)CC(c3ccc(-c4cccc(-c5nc(-c6cccc(C#N)c6)nc(-c6cccc(C#N)c6)n5)c4)cc3)(C1)C2. The first-order valence-corrected chi connectivity index (χ1v) is 15.9.